The first-order valence-corrected chi connectivity index (χ1v) is 10.9. The number of likely N-dealkylation sites (N-methyl/N-ethyl adjacent to an activating group) is 1. The highest BCUT2D eigenvalue weighted by Crippen LogP contribution is 2.35. The van der Waals surface area contributed by atoms with Crippen molar-refractivity contribution in [3.63, 3.8) is 0 Å². The fourth-order valence-corrected chi connectivity index (χ4v) is 4.48. The number of sulfonamides is 1. The number of nitrogens with one attached hydrogen (secondary N) is 2. The van der Waals surface area contributed by atoms with Crippen molar-refractivity contribution in [1.82, 2.24) is 4.31 Å². The van der Waals surface area contributed by atoms with Crippen LogP contribution in [0.15, 0.2) is 35.2 Å². The molecule has 0 unspecified atom stereocenters. The number of fused-ring (bicyclic) bond motifs is 1. The van der Waals surface area contributed by atoms with Crippen LogP contribution in [0.1, 0.15) is 23.6 Å². The van der Waals surface area contributed by atoms with Gasteiger partial charge in [0.25, 0.3) is 5.91 Å². The Balaban J connectivity index is 1.81. The van der Waals surface area contributed by atoms with E-state index < -0.39 is 22.0 Å². The summed E-state index contributed by atoms with van der Waals surface area (Å²) in [5, 5.41) is 5.45. The lowest BCUT2D eigenvalue weighted by Gasteiger charge is -2.25. The van der Waals surface area contributed by atoms with Gasteiger partial charge < -0.3 is 15.4 Å². The molecule has 9 heteroatoms. The largest absolute Gasteiger partial charge is 0.479 e. The third kappa shape index (κ3) is 4.31. The van der Waals surface area contributed by atoms with E-state index in [0.29, 0.717) is 16.9 Å². The summed E-state index contributed by atoms with van der Waals surface area (Å²) in [5.74, 6) is -0.459. The molecule has 2 amide bonds. The molecule has 1 aliphatic rings. The van der Waals surface area contributed by atoms with Gasteiger partial charge in [-0.15, -0.1) is 0 Å². The van der Waals surface area contributed by atoms with Gasteiger partial charge in [0.1, 0.15) is 5.75 Å². The molecule has 0 fully saturated rings. The van der Waals surface area contributed by atoms with Crippen molar-refractivity contribution in [1.29, 1.82) is 0 Å². The molecule has 0 saturated heterocycles. The van der Waals surface area contributed by atoms with E-state index >= 15 is 0 Å². The summed E-state index contributed by atoms with van der Waals surface area (Å²) in [6.07, 6.45) is -0.725. The average Bonchev–Trinajstić information content (AvgIpc) is 2.65. The first-order chi connectivity index (χ1) is 14.0. The van der Waals surface area contributed by atoms with E-state index in [1.54, 1.807) is 19.9 Å². The molecule has 8 nitrogen and oxygen atoms in total. The molecule has 0 bridgehead atoms. The predicted octanol–water partition coefficient (Wildman–Crippen LogP) is 2.59. The Hall–Kier alpha value is -2.91. The molecular formula is C21H25N3O5S. The molecule has 1 aliphatic heterocycles. The van der Waals surface area contributed by atoms with E-state index in [0.717, 1.165) is 15.4 Å². The minimum Gasteiger partial charge on any atom is -0.479 e. The Bertz CT molecular complexity index is 1130. The van der Waals surface area contributed by atoms with Crippen molar-refractivity contribution in [3.05, 3.63) is 47.0 Å². The van der Waals surface area contributed by atoms with Gasteiger partial charge >= 0.3 is 0 Å². The Labute approximate surface area is 176 Å². The van der Waals surface area contributed by atoms with Gasteiger partial charge in [0.05, 0.1) is 17.1 Å². The van der Waals surface area contributed by atoms with Crippen LogP contribution in [0.5, 0.6) is 5.75 Å². The molecule has 3 rings (SSSR count). The Kier molecular flexibility index (Phi) is 5.87. The zero-order valence-electron chi connectivity index (χ0n) is 17.6. The van der Waals surface area contributed by atoms with Crippen molar-refractivity contribution in [2.24, 2.45) is 0 Å². The van der Waals surface area contributed by atoms with Crippen LogP contribution in [0.2, 0.25) is 0 Å². The first kappa shape index (κ1) is 21.8. The zero-order chi connectivity index (χ0) is 22.2. The maximum Gasteiger partial charge on any atom is 0.265 e. The lowest BCUT2D eigenvalue weighted by molar-refractivity contribution is -0.122. The standard InChI is InChI=1S/C21H25N3O5S/c1-12-6-7-13(2)16(8-12)22-20(25)11-24(5)30(27,28)19-10-18-17(9-14(19)3)23-21(26)15(4)29-18/h6-10,15H,11H2,1-5H3,(H,22,25)(H,23,26)/t15-/m0/s1. The van der Waals surface area contributed by atoms with Crippen molar-refractivity contribution in [2.45, 2.75) is 38.7 Å². The van der Waals surface area contributed by atoms with Crippen LogP contribution in [0.25, 0.3) is 0 Å². The third-order valence-corrected chi connectivity index (χ3v) is 6.88. The molecule has 2 N–H and O–H groups in total. The Morgan fingerprint density at radius 1 is 1.17 bits per heavy atom. The molecule has 0 saturated carbocycles. The third-order valence-electron chi connectivity index (χ3n) is 4.93. The quantitative estimate of drug-likeness (QED) is 0.757. The zero-order valence-corrected chi connectivity index (χ0v) is 18.4. The van der Waals surface area contributed by atoms with Crippen LogP contribution < -0.4 is 15.4 Å². The molecule has 0 spiro atoms. The summed E-state index contributed by atoms with van der Waals surface area (Å²) < 4.78 is 32.7. The van der Waals surface area contributed by atoms with E-state index in [2.05, 4.69) is 10.6 Å². The molecular weight excluding hydrogens is 406 g/mol. The van der Waals surface area contributed by atoms with Crippen LogP contribution in [-0.2, 0) is 19.6 Å². The van der Waals surface area contributed by atoms with Crippen molar-refractivity contribution < 1.29 is 22.7 Å². The SMILES string of the molecule is Cc1ccc(C)c(NC(=O)CN(C)S(=O)(=O)c2cc3c(cc2C)NC(=O)[C@H](C)O3)c1. The maximum absolute atomic E-state index is 13.1. The number of aryl methyl sites for hydroxylation is 3. The Morgan fingerprint density at radius 2 is 1.87 bits per heavy atom. The number of hydrogen-bond acceptors (Lipinski definition) is 5. The van der Waals surface area contributed by atoms with E-state index in [1.807, 2.05) is 32.0 Å². The number of carbonyl (C=O) groups excluding carboxylic acids is 2. The lowest BCUT2D eigenvalue weighted by Crippen LogP contribution is -2.36. The second-order valence-electron chi connectivity index (χ2n) is 7.49. The van der Waals surface area contributed by atoms with Crippen LogP contribution in [-0.4, -0.2) is 44.2 Å². The monoisotopic (exact) mass is 431 g/mol. The van der Waals surface area contributed by atoms with Gasteiger partial charge in [-0.25, -0.2) is 8.42 Å². The van der Waals surface area contributed by atoms with Gasteiger partial charge in [-0.2, -0.15) is 4.31 Å². The number of anilines is 2. The fourth-order valence-electron chi connectivity index (χ4n) is 3.14. The van der Waals surface area contributed by atoms with Crippen LogP contribution in [0.4, 0.5) is 11.4 Å². The summed E-state index contributed by atoms with van der Waals surface area (Å²) in [4.78, 5) is 24.3. The van der Waals surface area contributed by atoms with Gasteiger partial charge in [-0.05, 0) is 56.5 Å². The summed E-state index contributed by atoms with van der Waals surface area (Å²) in [6.45, 7) is 6.64. The number of hydrogen-bond donors (Lipinski definition) is 2. The molecule has 30 heavy (non-hydrogen) atoms. The van der Waals surface area contributed by atoms with Crippen molar-refractivity contribution in [3.8, 4) is 5.75 Å². The number of ether oxygens (including phenoxy) is 1. The summed E-state index contributed by atoms with van der Waals surface area (Å²) >= 11 is 0. The second-order valence-corrected chi connectivity index (χ2v) is 9.50. The molecule has 1 atom stereocenters. The minimum atomic E-state index is -3.96. The molecule has 0 aromatic heterocycles. The highest BCUT2D eigenvalue weighted by atomic mass is 32.2. The highest BCUT2D eigenvalue weighted by molar-refractivity contribution is 7.89. The molecule has 2 aromatic rings. The molecule has 0 aliphatic carbocycles. The topological polar surface area (TPSA) is 105 Å². The molecule has 0 radical (unpaired) electrons. The highest BCUT2D eigenvalue weighted by Gasteiger charge is 2.30. The van der Waals surface area contributed by atoms with Crippen molar-refractivity contribution >= 4 is 33.2 Å². The fraction of sp³-hybridized carbons (Fsp3) is 0.333. The average molecular weight is 432 g/mol. The van der Waals surface area contributed by atoms with Gasteiger partial charge in [-0.1, -0.05) is 12.1 Å². The van der Waals surface area contributed by atoms with Gasteiger partial charge in [-0.3, -0.25) is 9.59 Å². The number of carbonyl (C=O) groups is 2. The summed E-state index contributed by atoms with van der Waals surface area (Å²) in [6, 6.07) is 8.60. The summed E-state index contributed by atoms with van der Waals surface area (Å²) in [5.41, 5.74) is 3.38. The van der Waals surface area contributed by atoms with Crippen LogP contribution in [0, 0.1) is 20.8 Å². The molecule has 160 valence electrons. The van der Waals surface area contributed by atoms with Gasteiger partial charge in [0.2, 0.25) is 15.9 Å². The molecule has 1 heterocycles. The van der Waals surface area contributed by atoms with E-state index in [-0.39, 0.29) is 23.1 Å². The number of amides is 2. The normalized spacial score (nSPS) is 15.9. The van der Waals surface area contributed by atoms with E-state index in [9.17, 15) is 18.0 Å². The first-order valence-electron chi connectivity index (χ1n) is 9.44. The number of rotatable bonds is 5. The van der Waals surface area contributed by atoms with Gasteiger partial charge in [0, 0.05) is 18.8 Å². The van der Waals surface area contributed by atoms with Gasteiger partial charge in [0.15, 0.2) is 6.10 Å². The van der Waals surface area contributed by atoms with Crippen LogP contribution >= 0.6 is 0 Å². The Morgan fingerprint density at radius 3 is 2.57 bits per heavy atom. The van der Waals surface area contributed by atoms with E-state index in [4.69, 9.17) is 4.74 Å². The molecule has 2 aromatic carbocycles. The number of benzene rings is 2. The van der Waals surface area contributed by atoms with E-state index in [1.165, 1.54) is 13.1 Å². The smallest absolute Gasteiger partial charge is 0.265 e. The maximum atomic E-state index is 13.1. The second kappa shape index (κ2) is 8.08. The minimum absolute atomic E-state index is 0.0200. The predicted molar refractivity (Wildman–Crippen MR) is 114 cm³/mol. The lowest BCUT2D eigenvalue weighted by atomic mass is 10.1. The van der Waals surface area contributed by atoms with Crippen molar-refractivity contribution in [2.75, 3.05) is 24.2 Å². The number of nitrogens with zero attached hydrogens (tertiary/aromatic N) is 1. The summed E-state index contributed by atoms with van der Waals surface area (Å²) in [7, 11) is -2.61. The van der Waals surface area contributed by atoms with Crippen LogP contribution in [0.3, 0.4) is 0 Å².